The summed E-state index contributed by atoms with van der Waals surface area (Å²) in [5.41, 5.74) is 1.07. The molecule has 122 valence electrons. The molecule has 1 amide bonds. The molecule has 1 aliphatic heterocycles. The van der Waals surface area contributed by atoms with E-state index in [0.29, 0.717) is 23.9 Å². The first kappa shape index (κ1) is 14.9. The van der Waals surface area contributed by atoms with Crippen molar-refractivity contribution in [1.29, 1.82) is 0 Å². The van der Waals surface area contributed by atoms with Crippen LogP contribution in [-0.4, -0.2) is 56.6 Å². The fraction of sp³-hybridized carbons (Fsp3) is 0.250. The summed E-state index contributed by atoms with van der Waals surface area (Å²) < 4.78 is 1.51. The molecule has 0 saturated carbocycles. The molecular formula is C16H15ClN6O. The number of nitrogens with zero attached hydrogens (tertiary/aromatic N) is 6. The first-order valence-corrected chi connectivity index (χ1v) is 8.06. The largest absolute Gasteiger partial charge is 0.368 e. The maximum atomic E-state index is 12.6. The number of piperazine rings is 1. The van der Waals surface area contributed by atoms with Crippen LogP contribution in [0.15, 0.2) is 42.7 Å². The third-order valence-electron chi connectivity index (χ3n) is 4.05. The van der Waals surface area contributed by atoms with Gasteiger partial charge in [0.25, 0.3) is 11.7 Å². The van der Waals surface area contributed by atoms with Gasteiger partial charge in [-0.2, -0.15) is 4.98 Å². The zero-order chi connectivity index (χ0) is 16.5. The molecule has 3 heterocycles. The molecule has 0 unspecified atom stereocenters. The quantitative estimate of drug-likeness (QED) is 0.709. The van der Waals surface area contributed by atoms with Crippen LogP contribution in [0.4, 0.5) is 5.69 Å². The minimum atomic E-state index is -0.161. The second kappa shape index (κ2) is 6.09. The van der Waals surface area contributed by atoms with Crippen molar-refractivity contribution in [3.8, 4) is 0 Å². The van der Waals surface area contributed by atoms with Crippen molar-refractivity contribution in [2.45, 2.75) is 0 Å². The Labute approximate surface area is 143 Å². The van der Waals surface area contributed by atoms with Crippen LogP contribution in [0.1, 0.15) is 10.6 Å². The van der Waals surface area contributed by atoms with E-state index in [1.165, 1.54) is 4.52 Å². The summed E-state index contributed by atoms with van der Waals surface area (Å²) in [6, 6.07) is 9.50. The Kier molecular flexibility index (Phi) is 3.78. The summed E-state index contributed by atoms with van der Waals surface area (Å²) >= 11 is 6.05. The van der Waals surface area contributed by atoms with E-state index in [0.717, 1.165) is 18.8 Å². The van der Waals surface area contributed by atoms with Gasteiger partial charge in [0, 0.05) is 49.3 Å². The molecule has 0 spiro atoms. The third kappa shape index (κ3) is 2.78. The van der Waals surface area contributed by atoms with Gasteiger partial charge in [0.15, 0.2) is 0 Å². The summed E-state index contributed by atoms with van der Waals surface area (Å²) in [4.78, 5) is 24.9. The summed E-state index contributed by atoms with van der Waals surface area (Å²) in [6.45, 7) is 2.73. The SMILES string of the molecule is O=C(c1nc2ncccn2n1)N1CCN(c2cccc(Cl)c2)CC1. The van der Waals surface area contributed by atoms with Gasteiger partial charge in [-0.25, -0.2) is 9.50 Å². The van der Waals surface area contributed by atoms with E-state index >= 15 is 0 Å². The van der Waals surface area contributed by atoms with Crippen LogP contribution in [0.2, 0.25) is 5.02 Å². The monoisotopic (exact) mass is 342 g/mol. The molecule has 1 aliphatic rings. The standard InChI is InChI=1S/C16H15ClN6O/c17-12-3-1-4-13(11-12)21-7-9-22(10-8-21)15(24)14-19-16-18-5-2-6-23(16)20-14/h1-6,11H,7-10H2. The summed E-state index contributed by atoms with van der Waals surface area (Å²) in [6.07, 6.45) is 3.35. The Hall–Kier alpha value is -2.67. The number of aromatic nitrogens is 4. The van der Waals surface area contributed by atoms with Crippen LogP contribution in [0.5, 0.6) is 0 Å². The molecule has 0 radical (unpaired) electrons. The van der Waals surface area contributed by atoms with Gasteiger partial charge in [-0.1, -0.05) is 17.7 Å². The molecule has 24 heavy (non-hydrogen) atoms. The van der Waals surface area contributed by atoms with Crippen molar-refractivity contribution >= 4 is 29.0 Å². The number of halogens is 1. The maximum Gasteiger partial charge on any atom is 0.293 e. The van der Waals surface area contributed by atoms with Crippen LogP contribution in [0.25, 0.3) is 5.78 Å². The average Bonchev–Trinajstić information content (AvgIpc) is 3.05. The molecule has 2 aromatic heterocycles. The van der Waals surface area contributed by atoms with E-state index in [1.807, 2.05) is 24.3 Å². The first-order chi connectivity index (χ1) is 11.7. The first-order valence-electron chi connectivity index (χ1n) is 7.68. The molecule has 4 rings (SSSR count). The molecule has 0 bridgehead atoms. The molecular weight excluding hydrogens is 328 g/mol. The Balaban J connectivity index is 1.46. The lowest BCUT2D eigenvalue weighted by Crippen LogP contribution is -2.49. The van der Waals surface area contributed by atoms with E-state index in [-0.39, 0.29) is 11.7 Å². The van der Waals surface area contributed by atoms with Crippen LogP contribution in [0, 0.1) is 0 Å². The summed E-state index contributed by atoms with van der Waals surface area (Å²) in [7, 11) is 0. The van der Waals surface area contributed by atoms with Crippen LogP contribution < -0.4 is 4.90 Å². The van der Waals surface area contributed by atoms with Crippen molar-refractivity contribution in [1.82, 2.24) is 24.5 Å². The van der Waals surface area contributed by atoms with Crippen molar-refractivity contribution in [2.75, 3.05) is 31.1 Å². The molecule has 0 aliphatic carbocycles. The molecule has 0 N–H and O–H groups in total. The highest BCUT2D eigenvalue weighted by Gasteiger charge is 2.25. The average molecular weight is 343 g/mol. The number of fused-ring (bicyclic) bond motifs is 1. The van der Waals surface area contributed by atoms with Gasteiger partial charge in [0.2, 0.25) is 5.82 Å². The van der Waals surface area contributed by atoms with Gasteiger partial charge < -0.3 is 9.80 Å². The summed E-state index contributed by atoms with van der Waals surface area (Å²) in [5.74, 6) is 0.453. The number of hydrogen-bond donors (Lipinski definition) is 0. The highest BCUT2D eigenvalue weighted by Crippen LogP contribution is 2.21. The number of hydrogen-bond acceptors (Lipinski definition) is 5. The van der Waals surface area contributed by atoms with E-state index < -0.39 is 0 Å². The normalized spacial score (nSPS) is 15.0. The number of rotatable bonds is 2. The lowest BCUT2D eigenvalue weighted by atomic mass is 10.2. The highest BCUT2D eigenvalue weighted by molar-refractivity contribution is 6.30. The second-order valence-electron chi connectivity index (χ2n) is 5.56. The molecule has 1 aromatic carbocycles. The van der Waals surface area contributed by atoms with Crippen molar-refractivity contribution in [3.63, 3.8) is 0 Å². The molecule has 3 aromatic rings. The van der Waals surface area contributed by atoms with E-state index in [2.05, 4.69) is 20.0 Å². The molecule has 7 nitrogen and oxygen atoms in total. The number of anilines is 1. The third-order valence-corrected chi connectivity index (χ3v) is 4.28. The number of carbonyl (C=O) groups is 1. The predicted octanol–water partition coefficient (Wildman–Crippen LogP) is 1.74. The van der Waals surface area contributed by atoms with Crippen molar-refractivity contribution in [2.24, 2.45) is 0 Å². The Bertz CT molecular complexity index is 854. The molecule has 0 atom stereocenters. The minimum Gasteiger partial charge on any atom is -0.368 e. The lowest BCUT2D eigenvalue weighted by Gasteiger charge is -2.35. The summed E-state index contributed by atoms with van der Waals surface area (Å²) in [5, 5.41) is 4.91. The Morgan fingerprint density at radius 3 is 2.71 bits per heavy atom. The smallest absolute Gasteiger partial charge is 0.293 e. The molecule has 1 saturated heterocycles. The Morgan fingerprint density at radius 2 is 1.96 bits per heavy atom. The maximum absolute atomic E-state index is 12.6. The second-order valence-corrected chi connectivity index (χ2v) is 6.00. The van der Waals surface area contributed by atoms with E-state index in [1.54, 1.807) is 23.4 Å². The highest BCUT2D eigenvalue weighted by atomic mass is 35.5. The number of amides is 1. The minimum absolute atomic E-state index is 0.161. The van der Waals surface area contributed by atoms with Crippen LogP contribution in [-0.2, 0) is 0 Å². The van der Waals surface area contributed by atoms with Gasteiger partial charge in [0.05, 0.1) is 0 Å². The fourth-order valence-corrected chi connectivity index (χ4v) is 2.99. The topological polar surface area (TPSA) is 66.6 Å². The Morgan fingerprint density at radius 1 is 1.12 bits per heavy atom. The molecule has 8 heteroatoms. The van der Waals surface area contributed by atoms with E-state index in [4.69, 9.17) is 11.6 Å². The number of carbonyl (C=O) groups excluding carboxylic acids is 1. The van der Waals surface area contributed by atoms with Gasteiger partial charge >= 0.3 is 0 Å². The zero-order valence-electron chi connectivity index (χ0n) is 12.8. The van der Waals surface area contributed by atoms with Crippen molar-refractivity contribution < 1.29 is 4.79 Å². The van der Waals surface area contributed by atoms with Gasteiger partial charge in [0.1, 0.15) is 0 Å². The predicted molar refractivity (Wildman–Crippen MR) is 90.4 cm³/mol. The van der Waals surface area contributed by atoms with Crippen LogP contribution in [0.3, 0.4) is 0 Å². The van der Waals surface area contributed by atoms with Crippen LogP contribution >= 0.6 is 11.6 Å². The molecule has 1 fully saturated rings. The van der Waals surface area contributed by atoms with Crippen molar-refractivity contribution in [3.05, 3.63) is 53.6 Å². The van der Waals surface area contributed by atoms with Gasteiger partial charge in [-0.05, 0) is 24.3 Å². The zero-order valence-corrected chi connectivity index (χ0v) is 13.6. The van der Waals surface area contributed by atoms with Gasteiger partial charge in [-0.3, -0.25) is 4.79 Å². The van der Waals surface area contributed by atoms with Gasteiger partial charge in [-0.15, -0.1) is 5.10 Å². The fourth-order valence-electron chi connectivity index (χ4n) is 2.81. The lowest BCUT2D eigenvalue weighted by molar-refractivity contribution is 0.0734. The van der Waals surface area contributed by atoms with E-state index in [9.17, 15) is 4.79 Å². The number of benzene rings is 1.